The van der Waals surface area contributed by atoms with Crippen molar-refractivity contribution in [2.24, 2.45) is 7.05 Å². The molecule has 3 aromatic rings. The number of carbonyl (C=O) groups excluding carboxylic acids is 1. The first-order valence-corrected chi connectivity index (χ1v) is 9.96. The number of aromatic nitrogens is 2. The molecule has 1 atom stereocenters. The molecule has 0 aliphatic heterocycles. The van der Waals surface area contributed by atoms with Gasteiger partial charge in [0, 0.05) is 23.9 Å². The number of carbonyl (C=O) groups is 1. The minimum Gasteiger partial charge on any atom is -0.489 e. The molecule has 1 aromatic heterocycles. The third-order valence-corrected chi connectivity index (χ3v) is 5.23. The van der Waals surface area contributed by atoms with Gasteiger partial charge in [0.2, 0.25) is 0 Å². The highest BCUT2D eigenvalue weighted by Crippen LogP contribution is 2.20. The van der Waals surface area contributed by atoms with Gasteiger partial charge in [0.05, 0.1) is 12.2 Å². The number of ether oxygens (including phenoxy) is 1. The second-order valence-corrected chi connectivity index (χ2v) is 7.72. The monoisotopic (exact) mass is 391 g/mol. The summed E-state index contributed by atoms with van der Waals surface area (Å²) in [6, 6.07) is 15.6. The zero-order chi connectivity index (χ0) is 21.0. The Balaban J connectivity index is 1.62. The number of hydrogen-bond acceptors (Lipinski definition) is 3. The van der Waals surface area contributed by atoms with Crippen molar-refractivity contribution in [2.45, 2.75) is 46.3 Å². The number of amides is 1. The third-order valence-electron chi connectivity index (χ3n) is 5.23. The van der Waals surface area contributed by atoms with E-state index in [9.17, 15) is 4.79 Å². The smallest absolute Gasteiger partial charge is 0.251 e. The first-order chi connectivity index (χ1) is 13.8. The van der Waals surface area contributed by atoms with Crippen molar-refractivity contribution in [3.05, 3.63) is 82.7 Å². The number of rotatable bonds is 7. The summed E-state index contributed by atoms with van der Waals surface area (Å²) in [7, 11) is 1.90. The van der Waals surface area contributed by atoms with E-state index in [2.05, 4.69) is 36.4 Å². The molecule has 1 heterocycles. The van der Waals surface area contributed by atoms with Crippen LogP contribution in [0, 0.1) is 6.92 Å². The highest BCUT2D eigenvalue weighted by Gasteiger charge is 2.16. The van der Waals surface area contributed by atoms with Crippen LogP contribution in [0.1, 0.15) is 65.5 Å². The lowest BCUT2D eigenvalue weighted by atomic mass is 10.0. The molecule has 5 nitrogen and oxygen atoms in total. The minimum absolute atomic E-state index is 0.108. The van der Waals surface area contributed by atoms with Gasteiger partial charge in [-0.3, -0.25) is 9.48 Å². The zero-order valence-corrected chi connectivity index (χ0v) is 17.8. The van der Waals surface area contributed by atoms with E-state index in [1.165, 1.54) is 5.56 Å². The Morgan fingerprint density at radius 3 is 2.48 bits per heavy atom. The van der Waals surface area contributed by atoms with Crippen LogP contribution in [0.2, 0.25) is 0 Å². The van der Waals surface area contributed by atoms with Crippen molar-refractivity contribution in [3.8, 4) is 5.75 Å². The highest BCUT2D eigenvalue weighted by atomic mass is 16.5. The summed E-state index contributed by atoms with van der Waals surface area (Å²) in [5, 5.41) is 7.30. The number of hydrogen-bond donors (Lipinski definition) is 1. The van der Waals surface area contributed by atoms with Crippen LogP contribution < -0.4 is 10.1 Å². The van der Waals surface area contributed by atoms with E-state index in [4.69, 9.17) is 4.74 Å². The molecule has 0 radical (unpaired) electrons. The summed E-state index contributed by atoms with van der Waals surface area (Å²) < 4.78 is 7.70. The number of benzene rings is 2. The van der Waals surface area contributed by atoms with Gasteiger partial charge in [0.15, 0.2) is 0 Å². The van der Waals surface area contributed by atoms with Gasteiger partial charge < -0.3 is 10.1 Å². The van der Waals surface area contributed by atoms with Gasteiger partial charge in [-0.25, -0.2) is 0 Å². The largest absolute Gasteiger partial charge is 0.489 e. The molecular formula is C24H29N3O2. The van der Waals surface area contributed by atoms with Crippen molar-refractivity contribution in [1.82, 2.24) is 15.1 Å². The third kappa shape index (κ3) is 5.05. The summed E-state index contributed by atoms with van der Waals surface area (Å²) in [4.78, 5) is 12.7. The van der Waals surface area contributed by atoms with Gasteiger partial charge >= 0.3 is 0 Å². The van der Waals surface area contributed by atoms with Crippen LogP contribution in [0.3, 0.4) is 0 Å². The van der Waals surface area contributed by atoms with Gasteiger partial charge in [-0.1, -0.05) is 38.1 Å². The second-order valence-electron chi connectivity index (χ2n) is 7.72. The lowest BCUT2D eigenvalue weighted by Crippen LogP contribution is -2.27. The summed E-state index contributed by atoms with van der Waals surface area (Å²) >= 11 is 0. The van der Waals surface area contributed by atoms with Crippen LogP contribution in [0.5, 0.6) is 5.75 Å². The molecule has 1 unspecified atom stereocenters. The van der Waals surface area contributed by atoms with E-state index in [1.807, 2.05) is 62.0 Å². The van der Waals surface area contributed by atoms with Crippen molar-refractivity contribution in [1.29, 1.82) is 0 Å². The molecule has 2 aromatic carbocycles. The maximum absolute atomic E-state index is 12.7. The quantitative estimate of drug-likeness (QED) is 0.622. The molecule has 5 heteroatoms. The minimum atomic E-state index is -0.115. The predicted octanol–water partition coefficient (Wildman–Crippen LogP) is 4.92. The molecule has 152 valence electrons. The number of nitrogens with one attached hydrogen (secondary N) is 1. The van der Waals surface area contributed by atoms with Gasteiger partial charge in [-0.2, -0.15) is 5.10 Å². The highest BCUT2D eigenvalue weighted by molar-refractivity contribution is 5.94. The molecule has 0 aliphatic carbocycles. The number of aryl methyl sites for hydroxylation is 1. The molecule has 3 rings (SSSR count). The zero-order valence-electron chi connectivity index (χ0n) is 17.8. The van der Waals surface area contributed by atoms with Crippen LogP contribution in [0.15, 0.2) is 54.7 Å². The fourth-order valence-electron chi connectivity index (χ4n) is 3.22. The van der Waals surface area contributed by atoms with E-state index in [0.29, 0.717) is 18.1 Å². The summed E-state index contributed by atoms with van der Waals surface area (Å²) in [6.45, 7) is 8.72. The molecule has 0 aliphatic rings. The molecule has 1 amide bonds. The van der Waals surface area contributed by atoms with Crippen molar-refractivity contribution in [3.63, 3.8) is 0 Å². The topological polar surface area (TPSA) is 56.1 Å². The molecule has 0 fully saturated rings. The van der Waals surface area contributed by atoms with E-state index in [1.54, 1.807) is 6.20 Å². The Morgan fingerprint density at radius 1 is 1.14 bits per heavy atom. The van der Waals surface area contributed by atoms with Crippen molar-refractivity contribution < 1.29 is 9.53 Å². The summed E-state index contributed by atoms with van der Waals surface area (Å²) in [5.41, 5.74) is 4.92. The van der Waals surface area contributed by atoms with E-state index in [0.717, 1.165) is 22.6 Å². The maximum atomic E-state index is 12.7. The standard InChI is InChI=1S/C24H29N3O2/c1-16(2)20-9-11-22(12-10-20)29-15-19-7-6-8-21(13-19)24(28)26-17(3)23-14-25-27(5)18(23)4/h6-14,16-17H,15H2,1-5H3,(H,26,28). The fourth-order valence-corrected chi connectivity index (χ4v) is 3.22. The van der Waals surface area contributed by atoms with Crippen LogP contribution in [0.4, 0.5) is 0 Å². The van der Waals surface area contributed by atoms with E-state index in [-0.39, 0.29) is 11.9 Å². The fraction of sp³-hybridized carbons (Fsp3) is 0.333. The molecule has 0 saturated carbocycles. The SMILES string of the molecule is Cc1c(C(C)NC(=O)c2cccc(COc3ccc(C(C)C)cc3)c2)cnn1C. The van der Waals surface area contributed by atoms with Crippen LogP contribution in [-0.2, 0) is 13.7 Å². The summed E-state index contributed by atoms with van der Waals surface area (Å²) in [6.07, 6.45) is 1.80. The van der Waals surface area contributed by atoms with Gasteiger partial charge in [0.25, 0.3) is 5.91 Å². The first kappa shape index (κ1) is 20.6. The normalized spacial score (nSPS) is 12.1. The van der Waals surface area contributed by atoms with Crippen LogP contribution >= 0.6 is 0 Å². The lowest BCUT2D eigenvalue weighted by Gasteiger charge is -2.14. The molecule has 0 bridgehead atoms. The molecule has 1 N–H and O–H groups in total. The van der Waals surface area contributed by atoms with Crippen LogP contribution in [-0.4, -0.2) is 15.7 Å². The second kappa shape index (κ2) is 8.95. The van der Waals surface area contributed by atoms with Gasteiger partial charge in [0.1, 0.15) is 12.4 Å². The molecule has 0 saturated heterocycles. The van der Waals surface area contributed by atoms with Gasteiger partial charge in [-0.05, 0) is 55.2 Å². The Kier molecular flexibility index (Phi) is 6.37. The summed E-state index contributed by atoms with van der Waals surface area (Å²) in [5.74, 6) is 1.21. The first-order valence-electron chi connectivity index (χ1n) is 9.96. The van der Waals surface area contributed by atoms with Crippen molar-refractivity contribution in [2.75, 3.05) is 0 Å². The van der Waals surface area contributed by atoms with Crippen LogP contribution in [0.25, 0.3) is 0 Å². The lowest BCUT2D eigenvalue weighted by molar-refractivity contribution is 0.0939. The van der Waals surface area contributed by atoms with Gasteiger partial charge in [-0.15, -0.1) is 0 Å². The van der Waals surface area contributed by atoms with E-state index >= 15 is 0 Å². The molecule has 29 heavy (non-hydrogen) atoms. The predicted molar refractivity (Wildman–Crippen MR) is 115 cm³/mol. The van der Waals surface area contributed by atoms with E-state index < -0.39 is 0 Å². The number of nitrogens with zero attached hydrogens (tertiary/aromatic N) is 2. The Labute approximate surface area is 172 Å². The average Bonchev–Trinajstić information content (AvgIpc) is 3.05. The Bertz CT molecular complexity index is 974. The Hall–Kier alpha value is -3.08. The van der Waals surface area contributed by atoms with Crippen molar-refractivity contribution >= 4 is 5.91 Å². The average molecular weight is 392 g/mol. The molecule has 0 spiro atoms. The molecular weight excluding hydrogens is 362 g/mol. The maximum Gasteiger partial charge on any atom is 0.251 e. The Morgan fingerprint density at radius 2 is 1.86 bits per heavy atom.